The fraction of sp³-hybridized carbons (Fsp3) is 0.750. The monoisotopic (exact) mass is 124 g/mol. The van der Waals surface area contributed by atoms with Gasteiger partial charge in [-0.3, -0.25) is 4.79 Å². The molecule has 0 saturated heterocycles. The largest absolute Gasteiger partial charge is 0.300 e. The van der Waals surface area contributed by atoms with Crippen LogP contribution in [-0.4, -0.2) is 5.78 Å². The average molecular weight is 124 g/mol. The van der Waals surface area contributed by atoms with Gasteiger partial charge in [-0.05, 0) is 26.2 Å². The molecule has 0 amide bonds. The minimum Gasteiger partial charge on any atom is -0.300 e. The third kappa shape index (κ3) is 1.81. The van der Waals surface area contributed by atoms with Crippen LogP contribution in [0.3, 0.4) is 0 Å². The van der Waals surface area contributed by atoms with Gasteiger partial charge in [0.2, 0.25) is 0 Å². The van der Waals surface area contributed by atoms with E-state index in [1.807, 2.05) is 0 Å². The van der Waals surface area contributed by atoms with Crippen LogP contribution in [0.4, 0.5) is 0 Å². The Morgan fingerprint density at radius 3 is 2.67 bits per heavy atom. The summed E-state index contributed by atoms with van der Waals surface area (Å²) in [6.45, 7) is 1.66. The SMILES string of the molecule is CC(=O)C1[C]CCCC1. The number of hydrogen-bond acceptors (Lipinski definition) is 1. The lowest BCUT2D eigenvalue weighted by Gasteiger charge is -2.17. The molecule has 1 rings (SSSR count). The number of ketones is 1. The summed E-state index contributed by atoms with van der Waals surface area (Å²) in [6, 6.07) is 0. The molecule has 9 heavy (non-hydrogen) atoms. The Morgan fingerprint density at radius 2 is 2.33 bits per heavy atom. The number of hydrogen-bond donors (Lipinski definition) is 0. The minimum atomic E-state index is 0.166. The van der Waals surface area contributed by atoms with Gasteiger partial charge in [0.15, 0.2) is 0 Å². The van der Waals surface area contributed by atoms with Crippen LogP contribution in [0.1, 0.15) is 32.6 Å². The van der Waals surface area contributed by atoms with E-state index in [0.717, 1.165) is 12.8 Å². The lowest BCUT2D eigenvalue weighted by molar-refractivity contribution is -0.120. The maximum atomic E-state index is 10.7. The van der Waals surface area contributed by atoms with Gasteiger partial charge in [0.05, 0.1) is 0 Å². The van der Waals surface area contributed by atoms with E-state index in [1.54, 1.807) is 6.92 Å². The Kier molecular flexibility index (Phi) is 2.26. The van der Waals surface area contributed by atoms with Gasteiger partial charge in [-0.15, -0.1) is 0 Å². The molecule has 1 nitrogen and oxygen atoms in total. The predicted molar refractivity (Wildman–Crippen MR) is 35.9 cm³/mol. The highest BCUT2D eigenvalue weighted by atomic mass is 16.1. The topological polar surface area (TPSA) is 17.1 Å². The van der Waals surface area contributed by atoms with Crippen LogP contribution in [0.25, 0.3) is 0 Å². The molecule has 0 N–H and O–H groups in total. The summed E-state index contributed by atoms with van der Waals surface area (Å²) >= 11 is 0. The molecule has 0 heterocycles. The van der Waals surface area contributed by atoms with Crippen LogP contribution >= 0.6 is 0 Å². The van der Waals surface area contributed by atoms with E-state index in [2.05, 4.69) is 6.42 Å². The van der Waals surface area contributed by atoms with Crippen molar-refractivity contribution in [1.29, 1.82) is 0 Å². The van der Waals surface area contributed by atoms with Crippen molar-refractivity contribution < 1.29 is 4.79 Å². The van der Waals surface area contributed by atoms with E-state index in [0.29, 0.717) is 0 Å². The summed E-state index contributed by atoms with van der Waals surface area (Å²) in [5, 5.41) is 0. The van der Waals surface area contributed by atoms with Crippen LogP contribution in [0.2, 0.25) is 0 Å². The fourth-order valence-electron chi connectivity index (χ4n) is 1.20. The van der Waals surface area contributed by atoms with Gasteiger partial charge < -0.3 is 0 Å². The summed E-state index contributed by atoms with van der Waals surface area (Å²) < 4.78 is 0. The maximum Gasteiger partial charge on any atom is 0.133 e. The molecule has 0 aliphatic heterocycles. The van der Waals surface area contributed by atoms with E-state index in [1.165, 1.54) is 12.8 Å². The fourth-order valence-corrected chi connectivity index (χ4v) is 1.20. The van der Waals surface area contributed by atoms with Gasteiger partial charge in [0.1, 0.15) is 5.78 Å². The van der Waals surface area contributed by atoms with E-state index >= 15 is 0 Å². The van der Waals surface area contributed by atoms with Crippen molar-refractivity contribution in [3.05, 3.63) is 6.42 Å². The van der Waals surface area contributed by atoms with Gasteiger partial charge in [0, 0.05) is 5.92 Å². The molecule has 1 atom stereocenters. The standard InChI is InChI=1S/C8H12O/c1-7(9)8-5-3-2-4-6-8/h8H,2-5H2,1H3. The van der Waals surface area contributed by atoms with Gasteiger partial charge in [0.25, 0.3) is 0 Å². The second-order valence-corrected chi connectivity index (χ2v) is 2.61. The first kappa shape index (κ1) is 6.79. The van der Waals surface area contributed by atoms with Gasteiger partial charge in [-0.2, -0.15) is 0 Å². The smallest absolute Gasteiger partial charge is 0.133 e. The highest BCUT2D eigenvalue weighted by Gasteiger charge is 2.17. The Labute approximate surface area is 56.4 Å². The zero-order valence-electron chi connectivity index (χ0n) is 5.81. The lowest BCUT2D eigenvalue weighted by atomic mass is 9.87. The summed E-state index contributed by atoms with van der Waals surface area (Å²) in [5.74, 6) is 0.452. The second-order valence-electron chi connectivity index (χ2n) is 2.61. The molecular formula is C8H12O. The van der Waals surface area contributed by atoms with Crippen molar-refractivity contribution in [1.82, 2.24) is 0 Å². The molecule has 0 aromatic heterocycles. The first-order chi connectivity index (χ1) is 4.30. The molecule has 0 aromatic carbocycles. The highest BCUT2D eigenvalue weighted by molar-refractivity contribution is 5.79. The van der Waals surface area contributed by atoms with Crippen LogP contribution in [-0.2, 0) is 4.79 Å². The van der Waals surface area contributed by atoms with Crippen LogP contribution < -0.4 is 0 Å². The predicted octanol–water partition coefficient (Wildman–Crippen LogP) is 1.85. The van der Waals surface area contributed by atoms with Crippen molar-refractivity contribution in [2.45, 2.75) is 32.6 Å². The van der Waals surface area contributed by atoms with Crippen LogP contribution in [0, 0.1) is 12.3 Å². The molecule has 1 saturated carbocycles. The lowest BCUT2D eigenvalue weighted by Crippen LogP contribution is -2.14. The maximum absolute atomic E-state index is 10.7. The molecule has 1 heteroatoms. The molecule has 1 aliphatic carbocycles. The van der Waals surface area contributed by atoms with Crippen molar-refractivity contribution in [2.24, 2.45) is 5.92 Å². The molecule has 0 spiro atoms. The summed E-state index contributed by atoms with van der Waals surface area (Å²) in [6.07, 6.45) is 7.66. The summed E-state index contributed by atoms with van der Waals surface area (Å²) in [4.78, 5) is 10.7. The Balaban J connectivity index is 2.31. The Hall–Kier alpha value is -0.330. The van der Waals surface area contributed by atoms with Gasteiger partial charge in [-0.1, -0.05) is 12.8 Å². The van der Waals surface area contributed by atoms with E-state index in [4.69, 9.17) is 0 Å². The van der Waals surface area contributed by atoms with Crippen molar-refractivity contribution in [2.75, 3.05) is 0 Å². The molecule has 0 bridgehead atoms. The zero-order valence-corrected chi connectivity index (χ0v) is 5.81. The molecule has 50 valence electrons. The van der Waals surface area contributed by atoms with Crippen LogP contribution in [0.15, 0.2) is 0 Å². The van der Waals surface area contributed by atoms with E-state index < -0.39 is 0 Å². The first-order valence-electron chi connectivity index (χ1n) is 3.54. The normalized spacial score (nSPS) is 21.9. The average Bonchev–Trinajstić information content (AvgIpc) is 1.90. The van der Waals surface area contributed by atoms with E-state index in [-0.39, 0.29) is 11.7 Å². The molecule has 2 radical (unpaired) electrons. The number of rotatable bonds is 1. The Morgan fingerprint density at radius 1 is 1.56 bits per heavy atom. The van der Waals surface area contributed by atoms with Crippen molar-refractivity contribution in [3.8, 4) is 0 Å². The van der Waals surface area contributed by atoms with Crippen LogP contribution in [0.5, 0.6) is 0 Å². The number of Topliss-reactive ketones (excluding diaryl/α,β-unsaturated/α-hetero) is 1. The van der Waals surface area contributed by atoms with Gasteiger partial charge in [-0.25, -0.2) is 0 Å². The number of carbonyl (C=O) groups excluding carboxylic acids is 1. The highest BCUT2D eigenvalue weighted by Crippen LogP contribution is 2.22. The van der Waals surface area contributed by atoms with Crippen molar-refractivity contribution in [3.63, 3.8) is 0 Å². The second kappa shape index (κ2) is 3.00. The Bertz CT molecular complexity index is 101. The third-order valence-corrected chi connectivity index (χ3v) is 1.80. The molecule has 0 aromatic rings. The minimum absolute atomic E-state index is 0.166. The first-order valence-corrected chi connectivity index (χ1v) is 3.54. The molecular weight excluding hydrogens is 112 g/mol. The zero-order chi connectivity index (χ0) is 6.69. The molecule has 1 aliphatic rings. The van der Waals surface area contributed by atoms with Gasteiger partial charge >= 0.3 is 0 Å². The summed E-state index contributed by atoms with van der Waals surface area (Å²) in [5.41, 5.74) is 0. The van der Waals surface area contributed by atoms with E-state index in [9.17, 15) is 4.79 Å². The molecule has 1 unspecified atom stereocenters. The molecule has 1 fully saturated rings. The summed E-state index contributed by atoms with van der Waals surface area (Å²) in [7, 11) is 0. The quantitative estimate of drug-likeness (QED) is 0.521. The third-order valence-electron chi connectivity index (χ3n) is 1.80. The van der Waals surface area contributed by atoms with Crippen molar-refractivity contribution >= 4 is 5.78 Å². The number of carbonyl (C=O) groups is 1.